The fourth-order valence-corrected chi connectivity index (χ4v) is 5.93. The van der Waals surface area contributed by atoms with Crippen LogP contribution in [-0.4, -0.2) is 52.1 Å². The number of fused-ring (bicyclic) bond motifs is 1. The van der Waals surface area contributed by atoms with Crippen molar-refractivity contribution in [3.05, 3.63) is 83.3 Å². The molecule has 0 spiro atoms. The molecule has 1 N–H and O–H groups in total. The highest BCUT2D eigenvalue weighted by atomic mass is 35.5. The van der Waals surface area contributed by atoms with Crippen LogP contribution in [-0.2, 0) is 20.9 Å². The summed E-state index contributed by atoms with van der Waals surface area (Å²) in [4.78, 5) is 54.7. The summed E-state index contributed by atoms with van der Waals surface area (Å²) in [7, 11) is 0. The standard InChI is InChI=1S/C33H30ClFN4O4/c1-20(40)26-17-37(29-14-13-22(16-25(26)29)38-15-5-10-31(38)42)19-32(43)39(21-11-12-21)18-30(41)36-28-9-4-7-24(33(28)35)23-6-2-3-8-27(23)34/h2-4,6-9,13-14,16-17,21H,5,10-12,15,18-19H2,1H3,(H,36,41). The Morgan fingerprint density at radius 3 is 2.51 bits per heavy atom. The van der Waals surface area contributed by atoms with E-state index in [0.717, 1.165) is 24.9 Å². The molecule has 220 valence electrons. The second-order valence-electron chi connectivity index (χ2n) is 11.0. The van der Waals surface area contributed by atoms with Gasteiger partial charge in [0.05, 0.1) is 5.69 Å². The molecule has 1 aliphatic heterocycles. The van der Waals surface area contributed by atoms with Crippen LogP contribution in [0.5, 0.6) is 0 Å². The van der Waals surface area contributed by atoms with Gasteiger partial charge in [-0.2, -0.15) is 0 Å². The number of benzene rings is 3. The topological polar surface area (TPSA) is 91.7 Å². The van der Waals surface area contributed by atoms with Gasteiger partial charge >= 0.3 is 0 Å². The number of halogens is 2. The molecular formula is C33H30ClFN4O4. The maximum absolute atomic E-state index is 15.4. The number of rotatable bonds is 9. The number of hydrogen-bond donors (Lipinski definition) is 1. The smallest absolute Gasteiger partial charge is 0.244 e. The van der Waals surface area contributed by atoms with Crippen molar-refractivity contribution in [3.8, 4) is 11.1 Å². The van der Waals surface area contributed by atoms with E-state index in [1.165, 1.54) is 17.9 Å². The first-order chi connectivity index (χ1) is 20.7. The van der Waals surface area contributed by atoms with Crippen LogP contribution in [0.3, 0.4) is 0 Å². The van der Waals surface area contributed by atoms with Gasteiger partial charge in [0.25, 0.3) is 0 Å². The molecule has 0 radical (unpaired) electrons. The molecule has 0 unspecified atom stereocenters. The van der Waals surface area contributed by atoms with Crippen molar-refractivity contribution < 1.29 is 23.6 Å². The van der Waals surface area contributed by atoms with Gasteiger partial charge in [0.1, 0.15) is 13.1 Å². The molecule has 4 aromatic rings. The number of anilines is 2. The zero-order chi connectivity index (χ0) is 30.2. The maximum atomic E-state index is 15.4. The Morgan fingerprint density at radius 2 is 1.81 bits per heavy atom. The molecule has 8 nitrogen and oxygen atoms in total. The minimum absolute atomic E-state index is 0.000377. The van der Waals surface area contributed by atoms with E-state index in [4.69, 9.17) is 11.6 Å². The van der Waals surface area contributed by atoms with Crippen LogP contribution in [0, 0.1) is 5.82 Å². The zero-order valence-corrected chi connectivity index (χ0v) is 24.4. The molecule has 1 saturated heterocycles. The van der Waals surface area contributed by atoms with Crippen molar-refractivity contribution in [1.29, 1.82) is 0 Å². The Labute approximate surface area is 253 Å². The van der Waals surface area contributed by atoms with E-state index < -0.39 is 11.7 Å². The summed E-state index contributed by atoms with van der Waals surface area (Å²) in [5.41, 5.74) is 2.64. The molecule has 1 aromatic heterocycles. The molecule has 1 aliphatic carbocycles. The van der Waals surface area contributed by atoms with E-state index in [1.54, 1.807) is 52.1 Å². The van der Waals surface area contributed by atoms with Gasteiger partial charge in [0, 0.05) is 63.5 Å². The molecule has 3 aromatic carbocycles. The lowest BCUT2D eigenvalue weighted by Crippen LogP contribution is -2.41. The van der Waals surface area contributed by atoms with Crippen LogP contribution in [0.2, 0.25) is 5.02 Å². The SMILES string of the molecule is CC(=O)c1cn(CC(=O)N(CC(=O)Nc2cccc(-c3ccccc3Cl)c2F)C2CC2)c2ccc(N3CCCC3=O)cc12. The highest BCUT2D eigenvalue weighted by molar-refractivity contribution is 6.33. The van der Waals surface area contributed by atoms with E-state index in [0.29, 0.717) is 40.0 Å². The lowest BCUT2D eigenvalue weighted by molar-refractivity contribution is -0.135. The molecule has 2 aliphatic rings. The lowest BCUT2D eigenvalue weighted by Gasteiger charge is -2.23. The van der Waals surface area contributed by atoms with E-state index >= 15 is 4.39 Å². The molecule has 2 heterocycles. The van der Waals surface area contributed by atoms with Gasteiger partial charge in [0.15, 0.2) is 11.6 Å². The summed E-state index contributed by atoms with van der Waals surface area (Å²) >= 11 is 6.26. The average Bonchev–Trinajstić information content (AvgIpc) is 3.63. The number of carbonyl (C=O) groups excluding carboxylic acids is 4. The normalized spacial score (nSPS) is 14.8. The van der Waals surface area contributed by atoms with Gasteiger partial charge in [-0.15, -0.1) is 0 Å². The summed E-state index contributed by atoms with van der Waals surface area (Å²) in [6.45, 7) is 1.78. The minimum atomic E-state index is -0.612. The van der Waals surface area contributed by atoms with Gasteiger partial charge in [-0.3, -0.25) is 19.2 Å². The zero-order valence-electron chi connectivity index (χ0n) is 23.6. The largest absolute Gasteiger partial charge is 0.337 e. The summed E-state index contributed by atoms with van der Waals surface area (Å²) in [6.07, 6.45) is 4.48. The third-order valence-electron chi connectivity index (χ3n) is 7.99. The Hall–Kier alpha value is -4.50. The fraction of sp³-hybridized carbons (Fsp3) is 0.273. The van der Waals surface area contributed by atoms with Crippen molar-refractivity contribution in [2.24, 2.45) is 0 Å². The fourth-order valence-electron chi connectivity index (χ4n) is 5.69. The number of amides is 3. The minimum Gasteiger partial charge on any atom is -0.337 e. The molecule has 2 fully saturated rings. The number of ketones is 1. The lowest BCUT2D eigenvalue weighted by atomic mass is 10.0. The maximum Gasteiger partial charge on any atom is 0.244 e. The second kappa shape index (κ2) is 11.6. The van der Waals surface area contributed by atoms with Crippen LogP contribution in [0.1, 0.15) is 43.0 Å². The van der Waals surface area contributed by atoms with E-state index in [2.05, 4.69) is 5.32 Å². The van der Waals surface area contributed by atoms with Gasteiger partial charge in [-0.25, -0.2) is 4.39 Å². The number of nitrogens with one attached hydrogen (secondary N) is 1. The van der Waals surface area contributed by atoms with Gasteiger partial charge in [-0.1, -0.05) is 41.9 Å². The van der Waals surface area contributed by atoms with Crippen LogP contribution in [0.15, 0.2) is 66.9 Å². The predicted octanol–water partition coefficient (Wildman–Crippen LogP) is 6.06. The second-order valence-corrected chi connectivity index (χ2v) is 11.4. The van der Waals surface area contributed by atoms with Crippen LogP contribution in [0.25, 0.3) is 22.0 Å². The molecule has 10 heteroatoms. The molecule has 43 heavy (non-hydrogen) atoms. The summed E-state index contributed by atoms with van der Waals surface area (Å²) in [5.74, 6) is -1.52. The van der Waals surface area contributed by atoms with E-state index in [-0.39, 0.29) is 48.0 Å². The Morgan fingerprint density at radius 1 is 1.05 bits per heavy atom. The highest BCUT2D eigenvalue weighted by Gasteiger charge is 2.34. The first kappa shape index (κ1) is 28.6. The Bertz CT molecular complexity index is 1780. The summed E-state index contributed by atoms with van der Waals surface area (Å²) < 4.78 is 17.1. The monoisotopic (exact) mass is 600 g/mol. The van der Waals surface area contributed by atoms with Crippen molar-refractivity contribution >= 4 is 57.4 Å². The Kier molecular flexibility index (Phi) is 7.75. The first-order valence-corrected chi connectivity index (χ1v) is 14.7. The summed E-state index contributed by atoms with van der Waals surface area (Å²) in [6, 6.07) is 17.0. The molecule has 6 rings (SSSR count). The van der Waals surface area contributed by atoms with Crippen LogP contribution in [0.4, 0.5) is 15.8 Å². The number of hydrogen-bond acceptors (Lipinski definition) is 4. The number of carbonyl (C=O) groups is 4. The molecule has 1 saturated carbocycles. The van der Waals surface area contributed by atoms with Crippen LogP contribution >= 0.6 is 11.6 Å². The van der Waals surface area contributed by atoms with E-state index in [1.807, 2.05) is 18.2 Å². The number of nitrogens with zero attached hydrogens (tertiary/aromatic N) is 3. The third kappa shape index (κ3) is 5.77. The predicted molar refractivity (Wildman–Crippen MR) is 164 cm³/mol. The number of Topliss-reactive ketones (excluding diaryl/α,β-unsaturated/α-hetero) is 1. The quantitative estimate of drug-likeness (QED) is 0.236. The third-order valence-corrected chi connectivity index (χ3v) is 8.32. The molecular weight excluding hydrogens is 571 g/mol. The van der Waals surface area contributed by atoms with Gasteiger partial charge < -0.3 is 19.7 Å². The molecule has 0 bridgehead atoms. The average molecular weight is 601 g/mol. The van der Waals surface area contributed by atoms with Crippen LogP contribution < -0.4 is 10.2 Å². The van der Waals surface area contributed by atoms with Crippen molar-refractivity contribution in [2.45, 2.75) is 45.2 Å². The Balaban J connectivity index is 1.20. The first-order valence-electron chi connectivity index (χ1n) is 14.3. The highest BCUT2D eigenvalue weighted by Crippen LogP contribution is 2.34. The summed E-state index contributed by atoms with van der Waals surface area (Å²) in [5, 5.41) is 3.68. The van der Waals surface area contributed by atoms with Gasteiger partial charge in [-0.05, 0) is 56.5 Å². The van der Waals surface area contributed by atoms with Crippen molar-refractivity contribution in [1.82, 2.24) is 9.47 Å². The van der Waals surface area contributed by atoms with Crippen molar-refractivity contribution in [2.75, 3.05) is 23.3 Å². The van der Waals surface area contributed by atoms with Crippen molar-refractivity contribution in [3.63, 3.8) is 0 Å². The molecule has 0 atom stereocenters. The number of aromatic nitrogens is 1. The molecule has 3 amide bonds. The van der Waals surface area contributed by atoms with Gasteiger partial charge in [0.2, 0.25) is 17.7 Å². The van der Waals surface area contributed by atoms with E-state index in [9.17, 15) is 19.2 Å².